The molecule has 0 aromatic heterocycles. The Labute approximate surface area is 111 Å². The number of amides is 2. The standard InChI is InChI=1S/C12H19N3O4/c1-12(11(18)19-4)8-7(6(14-12)5-13-2)9(16)15(3)10(8)17/h6-8,13-14H,5H2,1-4H3/t6-,7+,8-,12-/m1/s1. The number of hydrogen-bond acceptors (Lipinski definition) is 6. The Bertz CT molecular complexity index is 439. The van der Waals surface area contributed by atoms with Gasteiger partial charge < -0.3 is 10.1 Å². The topological polar surface area (TPSA) is 87.7 Å². The number of nitrogens with zero attached hydrogens (tertiary/aromatic N) is 1. The molecule has 2 N–H and O–H groups in total. The Balaban J connectivity index is 2.43. The summed E-state index contributed by atoms with van der Waals surface area (Å²) in [6.07, 6.45) is 0. The van der Waals surface area contributed by atoms with Gasteiger partial charge in [-0.3, -0.25) is 24.6 Å². The minimum atomic E-state index is -1.15. The van der Waals surface area contributed by atoms with E-state index < -0.39 is 23.3 Å². The zero-order valence-corrected chi connectivity index (χ0v) is 11.5. The molecule has 0 saturated carbocycles. The summed E-state index contributed by atoms with van der Waals surface area (Å²) in [5, 5.41) is 6.07. The van der Waals surface area contributed by atoms with Gasteiger partial charge in [0.15, 0.2) is 0 Å². The van der Waals surface area contributed by atoms with Crippen LogP contribution in [-0.2, 0) is 19.1 Å². The monoisotopic (exact) mass is 269 g/mol. The maximum atomic E-state index is 12.2. The predicted octanol–water partition coefficient (Wildman–Crippen LogP) is -1.66. The number of likely N-dealkylation sites (tertiary alicyclic amines) is 1. The van der Waals surface area contributed by atoms with Crippen LogP contribution < -0.4 is 10.6 Å². The highest BCUT2D eigenvalue weighted by atomic mass is 16.5. The molecule has 0 aromatic rings. The van der Waals surface area contributed by atoms with E-state index in [1.807, 2.05) is 0 Å². The minimum absolute atomic E-state index is 0.240. The Morgan fingerprint density at radius 3 is 2.63 bits per heavy atom. The molecule has 2 fully saturated rings. The number of nitrogens with one attached hydrogen (secondary N) is 2. The summed E-state index contributed by atoms with van der Waals surface area (Å²) in [5.74, 6) is -2.30. The normalized spacial score (nSPS) is 37.7. The first-order chi connectivity index (χ1) is 8.88. The number of fused-ring (bicyclic) bond motifs is 1. The van der Waals surface area contributed by atoms with Crippen LogP contribution in [0.15, 0.2) is 0 Å². The SMILES string of the molecule is CNC[C@H]1N[C@@](C)(C(=O)OC)[C@H]2C(=O)N(C)C(=O)[C@@H]12. The van der Waals surface area contributed by atoms with E-state index in [1.54, 1.807) is 14.0 Å². The average molecular weight is 269 g/mol. The van der Waals surface area contributed by atoms with Crippen molar-refractivity contribution in [3.05, 3.63) is 0 Å². The van der Waals surface area contributed by atoms with E-state index in [4.69, 9.17) is 4.74 Å². The molecular formula is C12H19N3O4. The fourth-order valence-corrected chi connectivity index (χ4v) is 3.21. The molecular weight excluding hydrogens is 250 g/mol. The van der Waals surface area contributed by atoms with E-state index in [2.05, 4.69) is 10.6 Å². The first-order valence-electron chi connectivity index (χ1n) is 6.20. The molecule has 7 heteroatoms. The van der Waals surface area contributed by atoms with Crippen LogP contribution in [-0.4, -0.2) is 62.0 Å². The van der Waals surface area contributed by atoms with Crippen molar-refractivity contribution in [3.63, 3.8) is 0 Å². The summed E-state index contributed by atoms with van der Waals surface area (Å²) < 4.78 is 4.79. The quantitative estimate of drug-likeness (QED) is 0.471. The molecule has 7 nitrogen and oxygen atoms in total. The number of imide groups is 1. The van der Waals surface area contributed by atoms with Gasteiger partial charge in [-0.15, -0.1) is 0 Å². The van der Waals surface area contributed by atoms with Gasteiger partial charge in [-0.05, 0) is 14.0 Å². The zero-order chi connectivity index (χ0) is 14.4. The Morgan fingerprint density at radius 1 is 1.47 bits per heavy atom. The van der Waals surface area contributed by atoms with Crippen molar-refractivity contribution in [2.45, 2.75) is 18.5 Å². The second-order valence-electron chi connectivity index (χ2n) is 5.24. The molecule has 0 aromatic carbocycles. The van der Waals surface area contributed by atoms with E-state index in [-0.39, 0.29) is 17.9 Å². The van der Waals surface area contributed by atoms with Crippen molar-refractivity contribution in [2.24, 2.45) is 11.8 Å². The van der Waals surface area contributed by atoms with Crippen molar-refractivity contribution >= 4 is 17.8 Å². The number of ether oxygens (including phenoxy) is 1. The number of hydrogen-bond donors (Lipinski definition) is 2. The lowest BCUT2D eigenvalue weighted by Crippen LogP contribution is -2.55. The lowest BCUT2D eigenvalue weighted by atomic mass is 9.81. The van der Waals surface area contributed by atoms with Crippen molar-refractivity contribution in [1.82, 2.24) is 15.5 Å². The third-order valence-electron chi connectivity index (χ3n) is 4.15. The number of rotatable bonds is 3. The van der Waals surface area contributed by atoms with Gasteiger partial charge >= 0.3 is 5.97 Å². The van der Waals surface area contributed by atoms with Crippen molar-refractivity contribution in [2.75, 3.05) is 27.7 Å². The van der Waals surface area contributed by atoms with Crippen LogP contribution in [0, 0.1) is 11.8 Å². The molecule has 19 heavy (non-hydrogen) atoms. The smallest absolute Gasteiger partial charge is 0.326 e. The first kappa shape index (κ1) is 14.0. The predicted molar refractivity (Wildman–Crippen MR) is 66.0 cm³/mol. The third-order valence-corrected chi connectivity index (χ3v) is 4.15. The molecule has 0 aliphatic carbocycles. The molecule has 2 aliphatic rings. The number of likely N-dealkylation sites (N-methyl/N-ethyl adjacent to an activating group) is 1. The van der Waals surface area contributed by atoms with Crippen LogP contribution in [0.4, 0.5) is 0 Å². The summed E-state index contributed by atoms with van der Waals surface area (Å²) in [4.78, 5) is 37.5. The second-order valence-corrected chi connectivity index (χ2v) is 5.24. The highest BCUT2D eigenvalue weighted by Gasteiger charge is 2.65. The molecule has 2 saturated heterocycles. The maximum absolute atomic E-state index is 12.2. The Kier molecular flexibility index (Phi) is 3.36. The van der Waals surface area contributed by atoms with Crippen LogP contribution in [0.2, 0.25) is 0 Å². The Hall–Kier alpha value is -1.47. The summed E-state index contributed by atoms with van der Waals surface area (Å²) in [6, 6.07) is -0.263. The molecule has 0 unspecified atom stereocenters. The van der Waals surface area contributed by atoms with Crippen molar-refractivity contribution in [1.29, 1.82) is 0 Å². The zero-order valence-electron chi connectivity index (χ0n) is 11.5. The van der Waals surface area contributed by atoms with Gasteiger partial charge in [0.1, 0.15) is 5.54 Å². The van der Waals surface area contributed by atoms with Crippen LogP contribution in [0.1, 0.15) is 6.92 Å². The second kappa shape index (κ2) is 4.57. The van der Waals surface area contributed by atoms with Gasteiger partial charge in [0, 0.05) is 19.6 Å². The van der Waals surface area contributed by atoms with Crippen molar-refractivity contribution in [3.8, 4) is 0 Å². The number of methoxy groups -OCH3 is 1. The van der Waals surface area contributed by atoms with Crippen LogP contribution in [0.25, 0.3) is 0 Å². The molecule has 2 heterocycles. The molecule has 2 rings (SSSR count). The lowest BCUT2D eigenvalue weighted by molar-refractivity contribution is -0.152. The highest BCUT2D eigenvalue weighted by molar-refractivity contribution is 6.09. The summed E-state index contributed by atoms with van der Waals surface area (Å²) >= 11 is 0. The fraction of sp³-hybridized carbons (Fsp3) is 0.750. The molecule has 0 bridgehead atoms. The van der Waals surface area contributed by atoms with Gasteiger partial charge in [-0.1, -0.05) is 0 Å². The number of carbonyl (C=O) groups excluding carboxylic acids is 3. The molecule has 0 spiro atoms. The minimum Gasteiger partial charge on any atom is -0.468 e. The average Bonchev–Trinajstić information content (AvgIpc) is 2.80. The van der Waals surface area contributed by atoms with Gasteiger partial charge in [0.25, 0.3) is 0 Å². The van der Waals surface area contributed by atoms with E-state index in [0.717, 1.165) is 4.90 Å². The van der Waals surface area contributed by atoms with Gasteiger partial charge in [0.2, 0.25) is 11.8 Å². The Morgan fingerprint density at radius 2 is 2.11 bits per heavy atom. The van der Waals surface area contributed by atoms with E-state index in [0.29, 0.717) is 6.54 Å². The van der Waals surface area contributed by atoms with Crippen LogP contribution in [0.5, 0.6) is 0 Å². The van der Waals surface area contributed by atoms with Gasteiger partial charge in [-0.25, -0.2) is 0 Å². The van der Waals surface area contributed by atoms with Gasteiger partial charge in [0.05, 0.1) is 18.9 Å². The molecule has 2 amide bonds. The molecule has 0 radical (unpaired) electrons. The lowest BCUT2D eigenvalue weighted by Gasteiger charge is -2.27. The molecule has 4 atom stereocenters. The molecule has 106 valence electrons. The summed E-state index contributed by atoms with van der Waals surface area (Å²) in [5.41, 5.74) is -1.15. The fourth-order valence-electron chi connectivity index (χ4n) is 3.21. The first-order valence-corrected chi connectivity index (χ1v) is 6.20. The summed E-state index contributed by atoms with van der Waals surface area (Å²) in [7, 11) is 4.49. The molecule has 2 aliphatic heterocycles. The third kappa shape index (κ3) is 1.76. The maximum Gasteiger partial charge on any atom is 0.326 e. The van der Waals surface area contributed by atoms with E-state index >= 15 is 0 Å². The van der Waals surface area contributed by atoms with Crippen molar-refractivity contribution < 1.29 is 19.1 Å². The van der Waals surface area contributed by atoms with E-state index in [9.17, 15) is 14.4 Å². The highest BCUT2D eigenvalue weighted by Crippen LogP contribution is 2.42. The number of carbonyl (C=O) groups is 3. The van der Waals surface area contributed by atoms with Crippen LogP contribution >= 0.6 is 0 Å². The van der Waals surface area contributed by atoms with E-state index in [1.165, 1.54) is 14.2 Å². The number of esters is 1. The largest absolute Gasteiger partial charge is 0.468 e. The summed E-state index contributed by atoms with van der Waals surface area (Å²) in [6.45, 7) is 2.12. The van der Waals surface area contributed by atoms with Gasteiger partial charge in [-0.2, -0.15) is 0 Å². The van der Waals surface area contributed by atoms with Crippen LogP contribution in [0.3, 0.4) is 0 Å².